The van der Waals surface area contributed by atoms with Gasteiger partial charge >= 0.3 is 5.97 Å². The van der Waals surface area contributed by atoms with Crippen LogP contribution in [0, 0.1) is 12.8 Å². The number of hydrogen-bond donors (Lipinski definition) is 1. The van der Waals surface area contributed by atoms with Crippen LogP contribution in [0.3, 0.4) is 0 Å². The summed E-state index contributed by atoms with van der Waals surface area (Å²) in [5.41, 5.74) is 3.08. The minimum atomic E-state index is -0.681. The minimum Gasteiger partial charge on any atom is -0.481 e. The van der Waals surface area contributed by atoms with Crippen molar-refractivity contribution in [3.8, 4) is 5.69 Å². The van der Waals surface area contributed by atoms with Crippen molar-refractivity contribution in [1.29, 1.82) is 0 Å². The molecule has 2 atom stereocenters. The monoisotopic (exact) mass is 311 g/mol. The zero-order chi connectivity index (χ0) is 16.0. The zero-order valence-corrected chi connectivity index (χ0v) is 13.3. The molecule has 0 bridgehead atoms. The van der Waals surface area contributed by atoms with Crippen molar-refractivity contribution >= 4 is 11.8 Å². The molecule has 0 aliphatic carbocycles. The Balaban J connectivity index is 1.87. The zero-order valence-electron chi connectivity index (χ0n) is 13.3. The van der Waals surface area contributed by atoms with Crippen LogP contribution >= 0.6 is 0 Å². The fourth-order valence-electron chi connectivity index (χ4n) is 4.08. The number of carboxylic acids is 1. The van der Waals surface area contributed by atoms with Crippen LogP contribution in [-0.2, 0) is 11.2 Å². The van der Waals surface area contributed by atoms with E-state index < -0.39 is 5.97 Å². The van der Waals surface area contributed by atoms with E-state index >= 15 is 0 Å². The average Bonchev–Trinajstić information content (AvgIpc) is 2.92. The van der Waals surface area contributed by atoms with E-state index in [9.17, 15) is 9.90 Å². The maximum Gasteiger partial charge on any atom is 0.308 e. The van der Waals surface area contributed by atoms with Crippen molar-refractivity contribution < 1.29 is 9.90 Å². The van der Waals surface area contributed by atoms with E-state index in [1.807, 2.05) is 29.8 Å². The van der Waals surface area contributed by atoms with Crippen LogP contribution < -0.4 is 4.90 Å². The van der Waals surface area contributed by atoms with Gasteiger partial charge in [-0.05, 0) is 44.7 Å². The lowest BCUT2D eigenvalue weighted by Crippen LogP contribution is -2.51. The highest BCUT2D eigenvalue weighted by molar-refractivity contribution is 5.75. The summed E-state index contributed by atoms with van der Waals surface area (Å²) in [6, 6.07) is 10.2. The molecule has 1 aromatic heterocycles. The van der Waals surface area contributed by atoms with Gasteiger partial charge in [0.2, 0.25) is 0 Å². The van der Waals surface area contributed by atoms with Gasteiger partial charge in [-0.3, -0.25) is 4.79 Å². The van der Waals surface area contributed by atoms with Crippen molar-refractivity contribution in [3.05, 3.63) is 41.6 Å². The summed E-state index contributed by atoms with van der Waals surface area (Å²) < 4.78 is 2.00. The number of rotatable bonds is 2. The highest BCUT2D eigenvalue weighted by Crippen LogP contribution is 2.41. The highest BCUT2D eigenvalue weighted by Gasteiger charge is 2.42. The number of aromatic nitrogens is 2. The third kappa shape index (κ3) is 2.22. The molecule has 1 N–H and O–H groups in total. The Labute approximate surface area is 135 Å². The van der Waals surface area contributed by atoms with E-state index in [-0.39, 0.29) is 12.0 Å². The lowest BCUT2D eigenvalue weighted by atomic mass is 9.82. The molecule has 120 valence electrons. The Morgan fingerprint density at radius 3 is 2.78 bits per heavy atom. The number of aryl methyl sites for hydroxylation is 1. The minimum absolute atomic E-state index is 0.0901. The first-order valence-electron chi connectivity index (χ1n) is 8.30. The number of fused-ring (bicyclic) bond motifs is 3. The number of anilines is 1. The summed E-state index contributed by atoms with van der Waals surface area (Å²) >= 11 is 0. The van der Waals surface area contributed by atoms with E-state index in [0.717, 1.165) is 48.6 Å². The Hall–Kier alpha value is -2.30. The van der Waals surface area contributed by atoms with E-state index in [4.69, 9.17) is 5.10 Å². The van der Waals surface area contributed by atoms with Gasteiger partial charge in [-0.15, -0.1) is 0 Å². The topological polar surface area (TPSA) is 58.4 Å². The summed E-state index contributed by atoms with van der Waals surface area (Å²) in [5, 5.41) is 14.4. The first-order valence-corrected chi connectivity index (χ1v) is 8.30. The number of carboxylic acid groups (broad SMARTS) is 1. The van der Waals surface area contributed by atoms with Gasteiger partial charge in [0, 0.05) is 18.2 Å². The van der Waals surface area contributed by atoms with Gasteiger partial charge in [-0.25, -0.2) is 4.68 Å². The molecule has 0 saturated carbocycles. The molecule has 2 unspecified atom stereocenters. The average molecular weight is 311 g/mol. The highest BCUT2D eigenvalue weighted by atomic mass is 16.4. The molecular weight excluding hydrogens is 290 g/mol. The van der Waals surface area contributed by atoms with Crippen LogP contribution in [0.15, 0.2) is 30.3 Å². The van der Waals surface area contributed by atoms with Crippen LogP contribution in [0.5, 0.6) is 0 Å². The number of aliphatic carboxylic acids is 1. The predicted octanol–water partition coefficient (Wildman–Crippen LogP) is 2.80. The van der Waals surface area contributed by atoms with Gasteiger partial charge in [0.25, 0.3) is 0 Å². The molecule has 0 spiro atoms. The predicted molar refractivity (Wildman–Crippen MR) is 88.1 cm³/mol. The maximum atomic E-state index is 11.8. The second kappa shape index (κ2) is 5.41. The van der Waals surface area contributed by atoms with Crippen molar-refractivity contribution in [2.24, 2.45) is 5.92 Å². The molecule has 5 nitrogen and oxygen atoms in total. The normalized spacial score (nSPS) is 23.3. The molecule has 0 radical (unpaired) electrons. The molecule has 1 aromatic carbocycles. The first kappa shape index (κ1) is 14.3. The third-order valence-corrected chi connectivity index (χ3v) is 5.19. The van der Waals surface area contributed by atoms with Gasteiger partial charge in [-0.2, -0.15) is 5.10 Å². The molecule has 1 fully saturated rings. The summed E-state index contributed by atoms with van der Waals surface area (Å²) in [6.07, 6.45) is 3.76. The molecule has 2 aliphatic heterocycles. The van der Waals surface area contributed by atoms with Gasteiger partial charge in [0.1, 0.15) is 5.82 Å². The molecule has 4 rings (SSSR count). The SMILES string of the molecule is Cc1nn(-c2ccccc2)c2c1CC(C(=O)O)C1CCCCN21. The Kier molecular flexibility index (Phi) is 3.36. The Morgan fingerprint density at radius 2 is 2.04 bits per heavy atom. The number of nitrogens with zero attached hydrogens (tertiary/aromatic N) is 3. The Morgan fingerprint density at radius 1 is 1.26 bits per heavy atom. The molecule has 23 heavy (non-hydrogen) atoms. The van der Waals surface area contributed by atoms with Crippen LogP contribution in [0.4, 0.5) is 5.82 Å². The van der Waals surface area contributed by atoms with Crippen molar-refractivity contribution in [3.63, 3.8) is 0 Å². The number of hydrogen-bond acceptors (Lipinski definition) is 3. The van der Waals surface area contributed by atoms with E-state index in [1.54, 1.807) is 0 Å². The quantitative estimate of drug-likeness (QED) is 0.926. The Bertz CT molecular complexity index is 738. The number of benzene rings is 1. The second-order valence-corrected chi connectivity index (χ2v) is 6.54. The van der Waals surface area contributed by atoms with Crippen molar-refractivity contribution in [2.45, 2.75) is 38.6 Å². The fraction of sp³-hybridized carbons (Fsp3) is 0.444. The van der Waals surface area contributed by atoms with Crippen molar-refractivity contribution in [1.82, 2.24) is 9.78 Å². The molecule has 5 heteroatoms. The smallest absolute Gasteiger partial charge is 0.308 e. The molecule has 2 aliphatic rings. The number of carbonyl (C=O) groups is 1. The van der Waals surface area contributed by atoms with E-state index in [2.05, 4.69) is 17.0 Å². The summed E-state index contributed by atoms with van der Waals surface area (Å²) in [6.45, 7) is 2.90. The van der Waals surface area contributed by atoms with E-state index in [0.29, 0.717) is 6.42 Å². The van der Waals surface area contributed by atoms with Gasteiger partial charge in [0.05, 0.1) is 17.3 Å². The van der Waals surface area contributed by atoms with Crippen LogP contribution in [-0.4, -0.2) is 33.4 Å². The fourth-order valence-corrected chi connectivity index (χ4v) is 4.08. The maximum absolute atomic E-state index is 11.8. The number of para-hydroxylation sites is 1. The van der Waals surface area contributed by atoms with Crippen LogP contribution in [0.2, 0.25) is 0 Å². The van der Waals surface area contributed by atoms with Crippen LogP contribution in [0.1, 0.15) is 30.5 Å². The molecule has 3 heterocycles. The standard InChI is InChI=1S/C18H21N3O2/c1-12-14-11-15(18(22)23)16-9-5-6-10-20(16)17(14)21(19-12)13-7-3-2-4-8-13/h2-4,7-8,15-16H,5-6,9-11H2,1H3,(H,22,23). The molecular formula is C18H21N3O2. The van der Waals surface area contributed by atoms with E-state index in [1.165, 1.54) is 0 Å². The summed E-state index contributed by atoms with van der Waals surface area (Å²) in [4.78, 5) is 14.1. The van der Waals surface area contributed by atoms with Gasteiger partial charge in [0.15, 0.2) is 0 Å². The van der Waals surface area contributed by atoms with Crippen LogP contribution in [0.25, 0.3) is 5.69 Å². The molecule has 2 aromatic rings. The van der Waals surface area contributed by atoms with Crippen molar-refractivity contribution in [2.75, 3.05) is 11.4 Å². The molecule has 1 saturated heterocycles. The lowest BCUT2D eigenvalue weighted by molar-refractivity contribution is -0.142. The largest absolute Gasteiger partial charge is 0.481 e. The summed E-state index contributed by atoms with van der Waals surface area (Å²) in [5.74, 6) is 0.102. The molecule has 0 amide bonds. The lowest BCUT2D eigenvalue weighted by Gasteiger charge is -2.44. The number of piperidine rings is 1. The van der Waals surface area contributed by atoms with Gasteiger partial charge in [-0.1, -0.05) is 18.2 Å². The second-order valence-electron chi connectivity index (χ2n) is 6.54. The first-order chi connectivity index (χ1) is 11.2. The third-order valence-electron chi connectivity index (χ3n) is 5.19. The summed E-state index contributed by atoms with van der Waals surface area (Å²) in [7, 11) is 0. The van der Waals surface area contributed by atoms with Gasteiger partial charge < -0.3 is 10.0 Å².